The number of imide groups is 1. The summed E-state index contributed by atoms with van der Waals surface area (Å²) in [5.41, 5.74) is 0. The molecular weight excluding hydrogens is 186 g/mol. The summed E-state index contributed by atoms with van der Waals surface area (Å²) in [6.45, 7) is 4.31. The molecule has 0 saturated carbocycles. The Labute approximate surface area is 82.0 Å². The van der Waals surface area contributed by atoms with Crippen molar-refractivity contribution < 1.29 is 14.7 Å². The van der Waals surface area contributed by atoms with Crippen LogP contribution in [0.5, 0.6) is 0 Å². The van der Waals surface area contributed by atoms with Crippen LogP contribution in [-0.2, 0) is 9.59 Å². The van der Waals surface area contributed by atoms with E-state index in [1.807, 2.05) is 19.2 Å². The first kappa shape index (κ1) is 11.1. The largest absolute Gasteiger partial charge is 0.381 e. The van der Waals surface area contributed by atoms with E-state index in [1.54, 1.807) is 0 Å². The fourth-order valence-electron chi connectivity index (χ4n) is 1.42. The molecule has 80 valence electrons. The van der Waals surface area contributed by atoms with Crippen LogP contribution in [0.25, 0.3) is 0 Å². The number of hydrogen-bond acceptors (Lipinski definition) is 5. The number of nitrogens with one attached hydrogen (secondary N) is 1. The van der Waals surface area contributed by atoms with Crippen molar-refractivity contribution in [3.05, 3.63) is 0 Å². The Balaban J connectivity index is 2.67. The van der Waals surface area contributed by atoms with Gasteiger partial charge in [-0.25, -0.2) is 5.01 Å². The highest BCUT2D eigenvalue weighted by Crippen LogP contribution is 2.10. The molecule has 1 fully saturated rings. The van der Waals surface area contributed by atoms with Gasteiger partial charge in [-0.2, -0.15) is 0 Å². The smallest absolute Gasteiger partial charge is 0.257 e. The number of nitrogens with zero attached hydrogens (tertiary/aromatic N) is 1. The molecule has 0 radical (unpaired) electrons. The number of carbonyl (C=O) groups excluding carboxylic acids is 2. The van der Waals surface area contributed by atoms with E-state index in [0.717, 1.165) is 0 Å². The lowest BCUT2D eigenvalue weighted by Gasteiger charge is -2.24. The molecule has 6 heteroatoms. The molecule has 0 spiro atoms. The Morgan fingerprint density at radius 3 is 2.43 bits per heavy atom. The highest BCUT2D eigenvalue weighted by Gasteiger charge is 2.43. The third kappa shape index (κ3) is 2.09. The van der Waals surface area contributed by atoms with E-state index in [2.05, 4.69) is 0 Å². The number of carbonyl (C=O) groups is 2. The number of rotatable bonds is 3. The van der Waals surface area contributed by atoms with Gasteiger partial charge >= 0.3 is 0 Å². The zero-order valence-corrected chi connectivity index (χ0v) is 8.23. The zero-order valence-electron chi connectivity index (χ0n) is 8.23. The van der Waals surface area contributed by atoms with E-state index < -0.39 is 24.0 Å². The average molecular weight is 201 g/mol. The van der Waals surface area contributed by atoms with Crippen molar-refractivity contribution in [2.24, 2.45) is 11.8 Å². The average Bonchev–Trinajstić information content (AvgIpc) is 2.25. The molecule has 4 N–H and O–H groups in total. The van der Waals surface area contributed by atoms with E-state index in [4.69, 9.17) is 5.84 Å². The summed E-state index contributed by atoms with van der Waals surface area (Å²) in [5, 5.41) is 12.6. The minimum absolute atomic E-state index is 0.260. The summed E-state index contributed by atoms with van der Waals surface area (Å²) < 4.78 is 0. The Bertz CT molecular complexity index is 254. The summed E-state index contributed by atoms with van der Waals surface area (Å²) in [7, 11) is 0. The second-order valence-electron chi connectivity index (χ2n) is 3.83. The van der Waals surface area contributed by atoms with Gasteiger partial charge in [0.2, 0.25) is 5.91 Å². The highest BCUT2D eigenvalue weighted by molar-refractivity contribution is 6.08. The molecule has 1 aliphatic heterocycles. The summed E-state index contributed by atoms with van der Waals surface area (Å²) in [5.74, 6) is 4.63. The van der Waals surface area contributed by atoms with E-state index >= 15 is 0 Å². The van der Waals surface area contributed by atoms with Crippen molar-refractivity contribution in [1.82, 2.24) is 10.3 Å². The van der Waals surface area contributed by atoms with Crippen LogP contribution in [0.4, 0.5) is 0 Å². The van der Waals surface area contributed by atoms with Crippen LogP contribution < -0.4 is 11.2 Å². The molecular formula is C8H15N3O3. The first-order valence-corrected chi connectivity index (χ1v) is 4.47. The molecule has 0 aromatic rings. The van der Waals surface area contributed by atoms with E-state index in [9.17, 15) is 14.7 Å². The molecule has 14 heavy (non-hydrogen) atoms. The van der Waals surface area contributed by atoms with Gasteiger partial charge in [0.15, 0.2) is 6.10 Å². The Kier molecular flexibility index (Phi) is 3.20. The van der Waals surface area contributed by atoms with Crippen LogP contribution in [0.3, 0.4) is 0 Å². The number of nitrogens with two attached hydrogens (primary N) is 1. The van der Waals surface area contributed by atoms with Crippen molar-refractivity contribution in [2.75, 3.05) is 6.54 Å². The van der Waals surface area contributed by atoms with Crippen LogP contribution in [0.2, 0.25) is 0 Å². The van der Waals surface area contributed by atoms with Crippen molar-refractivity contribution >= 4 is 11.8 Å². The number of aliphatic hydroxyl groups is 1. The van der Waals surface area contributed by atoms with Gasteiger partial charge in [-0.15, -0.1) is 0 Å². The number of aliphatic hydroxyl groups excluding tert-OH is 1. The molecule has 1 rings (SSSR count). The topological polar surface area (TPSA) is 95.7 Å². The van der Waals surface area contributed by atoms with Crippen LogP contribution in [0, 0.1) is 5.92 Å². The predicted octanol–water partition coefficient (Wildman–Crippen LogP) is -1.80. The monoisotopic (exact) mass is 201 g/mol. The van der Waals surface area contributed by atoms with Gasteiger partial charge in [-0.3, -0.25) is 20.7 Å². The molecule has 2 atom stereocenters. The van der Waals surface area contributed by atoms with Crippen LogP contribution in [0.1, 0.15) is 13.8 Å². The zero-order chi connectivity index (χ0) is 10.9. The minimum atomic E-state index is -1.36. The normalized spacial score (nSPS) is 27.6. The van der Waals surface area contributed by atoms with Crippen molar-refractivity contribution in [2.45, 2.75) is 26.0 Å². The van der Waals surface area contributed by atoms with E-state index in [-0.39, 0.29) is 5.92 Å². The third-order valence-corrected chi connectivity index (χ3v) is 2.02. The van der Waals surface area contributed by atoms with Gasteiger partial charge in [0.1, 0.15) is 6.04 Å². The predicted molar refractivity (Wildman–Crippen MR) is 48.7 cm³/mol. The summed E-state index contributed by atoms with van der Waals surface area (Å²) in [4.78, 5) is 22.1. The Hall–Kier alpha value is -0.980. The molecule has 1 heterocycles. The molecule has 1 aliphatic rings. The van der Waals surface area contributed by atoms with Gasteiger partial charge < -0.3 is 5.11 Å². The fourth-order valence-corrected chi connectivity index (χ4v) is 1.42. The lowest BCUT2D eigenvalue weighted by molar-refractivity contribution is -0.127. The lowest BCUT2D eigenvalue weighted by atomic mass is 10.1. The number of hydrogen-bond donors (Lipinski definition) is 3. The lowest BCUT2D eigenvalue weighted by Crippen LogP contribution is -2.51. The van der Waals surface area contributed by atoms with Gasteiger partial charge in [-0.05, 0) is 5.92 Å². The standard InChI is InChI=1S/C8H15N3O3/c1-4(2)3-11(9)5-6(12)8(14)10-7(5)13/h4-6,12H,3,9H2,1-2H3,(H,10,13,14). The van der Waals surface area contributed by atoms with Crippen LogP contribution in [-0.4, -0.2) is 40.6 Å². The first-order valence-electron chi connectivity index (χ1n) is 4.47. The molecule has 2 unspecified atom stereocenters. The first-order chi connectivity index (χ1) is 6.43. The van der Waals surface area contributed by atoms with Crippen LogP contribution >= 0.6 is 0 Å². The van der Waals surface area contributed by atoms with Crippen molar-refractivity contribution in [3.63, 3.8) is 0 Å². The quantitative estimate of drug-likeness (QED) is 0.284. The molecule has 2 amide bonds. The van der Waals surface area contributed by atoms with Gasteiger partial charge in [0, 0.05) is 6.54 Å². The summed E-state index contributed by atoms with van der Waals surface area (Å²) >= 11 is 0. The Morgan fingerprint density at radius 2 is 2.07 bits per heavy atom. The van der Waals surface area contributed by atoms with Gasteiger partial charge in [0.05, 0.1) is 0 Å². The molecule has 0 aromatic heterocycles. The fraction of sp³-hybridized carbons (Fsp3) is 0.750. The summed E-state index contributed by atoms with van der Waals surface area (Å²) in [6.07, 6.45) is -1.36. The molecule has 0 aromatic carbocycles. The number of hydrazine groups is 1. The van der Waals surface area contributed by atoms with E-state index in [0.29, 0.717) is 6.54 Å². The number of amides is 2. The SMILES string of the molecule is CC(C)CN(N)C1C(=O)NC(=O)C1O. The van der Waals surface area contributed by atoms with Crippen molar-refractivity contribution in [3.8, 4) is 0 Å². The minimum Gasteiger partial charge on any atom is -0.381 e. The Morgan fingerprint density at radius 1 is 1.50 bits per heavy atom. The van der Waals surface area contributed by atoms with Crippen LogP contribution in [0.15, 0.2) is 0 Å². The second kappa shape index (κ2) is 4.04. The molecule has 0 bridgehead atoms. The van der Waals surface area contributed by atoms with E-state index in [1.165, 1.54) is 5.01 Å². The maximum absolute atomic E-state index is 11.2. The molecule has 1 saturated heterocycles. The van der Waals surface area contributed by atoms with Gasteiger partial charge in [0.25, 0.3) is 5.91 Å². The summed E-state index contributed by atoms with van der Waals surface area (Å²) in [6, 6.07) is -0.954. The highest BCUT2D eigenvalue weighted by atomic mass is 16.3. The second-order valence-corrected chi connectivity index (χ2v) is 3.83. The van der Waals surface area contributed by atoms with Crippen molar-refractivity contribution in [1.29, 1.82) is 0 Å². The molecule has 6 nitrogen and oxygen atoms in total. The maximum atomic E-state index is 11.2. The third-order valence-electron chi connectivity index (χ3n) is 2.02. The maximum Gasteiger partial charge on any atom is 0.257 e. The van der Waals surface area contributed by atoms with Gasteiger partial charge in [-0.1, -0.05) is 13.8 Å². The molecule has 0 aliphatic carbocycles.